The molecule has 7 heteroatoms. The molecule has 0 atom stereocenters. The minimum atomic E-state index is 0.667. The number of aryl methyl sites for hydroxylation is 1. The fourth-order valence-corrected chi connectivity index (χ4v) is 3.97. The third-order valence-corrected chi connectivity index (χ3v) is 6.09. The molecule has 0 aromatic heterocycles. The molecule has 0 amide bonds. The third-order valence-electron chi connectivity index (χ3n) is 5.32. The average molecular weight is 462 g/mol. The van der Waals surface area contributed by atoms with Gasteiger partial charge in [0.1, 0.15) is 5.75 Å². The molecule has 2 aromatic carbocycles. The van der Waals surface area contributed by atoms with Crippen LogP contribution in [-0.4, -0.2) is 60.9 Å². The fraction of sp³-hybridized carbons (Fsp3) is 0.458. The maximum absolute atomic E-state index is 6.29. The van der Waals surface area contributed by atoms with Gasteiger partial charge in [-0.3, -0.25) is 4.90 Å². The van der Waals surface area contributed by atoms with Crippen molar-refractivity contribution in [1.29, 1.82) is 0 Å². The standard InChI is InChI=1S/C24H32ClN3O2S/c1-3-30-22-9-6-20(7-10-22)18-28(12-4-11-27-13-15-29-16-14-27)24(31)26-21-8-5-19(2)23(25)17-21/h5-10,17H,3-4,11-16,18H2,1-2H3,(H,26,31). The van der Waals surface area contributed by atoms with Gasteiger partial charge >= 0.3 is 0 Å². The Bertz CT molecular complexity index is 841. The molecule has 0 saturated carbocycles. The Morgan fingerprint density at radius 3 is 2.61 bits per heavy atom. The van der Waals surface area contributed by atoms with Gasteiger partial charge in [0.15, 0.2) is 5.11 Å². The summed E-state index contributed by atoms with van der Waals surface area (Å²) in [7, 11) is 0. The van der Waals surface area contributed by atoms with E-state index in [-0.39, 0.29) is 0 Å². The number of ether oxygens (including phenoxy) is 2. The predicted molar refractivity (Wildman–Crippen MR) is 132 cm³/mol. The first-order valence-electron chi connectivity index (χ1n) is 10.9. The number of rotatable bonds is 9. The van der Waals surface area contributed by atoms with E-state index in [4.69, 9.17) is 33.3 Å². The van der Waals surface area contributed by atoms with Crippen molar-refractivity contribution in [2.75, 3.05) is 51.3 Å². The fourth-order valence-electron chi connectivity index (χ4n) is 3.51. The van der Waals surface area contributed by atoms with Crippen molar-refractivity contribution in [3.05, 3.63) is 58.6 Å². The Hall–Kier alpha value is -1.86. The molecule has 0 radical (unpaired) electrons. The normalized spacial score (nSPS) is 14.3. The zero-order chi connectivity index (χ0) is 22.1. The van der Waals surface area contributed by atoms with Gasteiger partial charge in [-0.25, -0.2) is 0 Å². The van der Waals surface area contributed by atoms with Gasteiger partial charge in [0.2, 0.25) is 0 Å². The summed E-state index contributed by atoms with van der Waals surface area (Å²) in [6.07, 6.45) is 1.04. The minimum Gasteiger partial charge on any atom is -0.494 e. The molecule has 3 rings (SSSR count). The van der Waals surface area contributed by atoms with Crippen LogP contribution < -0.4 is 10.1 Å². The Morgan fingerprint density at radius 1 is 1.19 bits per heavy atom. The molecule has 0 spiro atoms. The molecule has 1 saturated heterocycles. The molecule has 1 heterocycles. The zero-order valence-electron chi connectivity index (χ0n) is 18.4. The van der Waals surface area contributed by atoms with E-state index >= 15 is 0 Å². The van der Waals surface area contributed by atoms with Crippen molar-refractivity contribution in [3.8, 4) is 5.75 Å². The van der Waals surface area contributed by atoms with E-state index in [0.29, 0.717) is 11.7 Å². The van der Waals surface area contributed by atoms with Gasteiger partial charge in [-0.2, -0.15) is 0 Å². The molecular formula is C24H32ClN3O2S. The van der Waals surface area contributed by atoms with Gasteiger partial charge in [0.05, 0.1) is 19.8 Å². The van der Waals surface area contributed by atoms with Crippen LogP contribution in [0.5, 0.6) is 5.75 Å². The van der Waals surface area contributed by atoms with Crippen LogP contribution in [0.1, 0.15) is 24.5 Å². The number of hydrogen-bond acceptors (Lipinski definition) is 4. The Balaban J connectivity index is 1.64. The number of benzene rings is 2. The Morgan fingerprint density at radius 2 is 1.94 bits per heavy atom. The zero-order valence-corrected chi connectivity index (χ0v) is 20.0. The lowest BCUT2D eigenvalue weighted by Crippen LogP contribution is -2.40. The lowest BCUT2D eigenvalue weighted by atomic mass is 10.2. The summed E-state index contributed by atoms with van der Waals surface area (Å²) >= 11 is 12.1. The van der Waals surface area contributed by atoms with Gasteiger partial charge < -0.3 is 19.7 Å². The number of anilines is 1. The highest BCUT2D eigenvalue weighted by Gasteiger charge is 2.14. The first-order valence-corrected chi connectivity index (χ1v) is 11.7. The van der Waals surface area contributed by atoms with Crippen LogP contribution >= 0.6 is 23.8 Å². The highest BCUT2D eigenvalue weighted by atomic mass is 35.5. The molecule has 2 aromatic rings. The number of halogens is 1. The van der Waals surface area contributed by atoms with Crippen molar-refractivity contribution in [2.45, 2.75) is 26.8 Å². The van der Waals surface area contributed by atoms with Crippen LogP contribution in [0, 0.1) is 6.92 Å². The smallest absolute Gasteiger partial charge is 0.173 e. The molecule has 5 nitrogen and oxygen atoms in total. The van der Waals surface area contributed by atoms with E-state index in [1.165, 1.54) is 5.56 Å². The summed E-state index contributed by atoms with van der Waals surface area (Å²) in [4.78, 5) is 4.67. The van der Waals surface area contributed by atoms with E-state index in [9.17, 15) is 0 Å². The van der Waals surface area contributed by atoms with Gasteiger partial charge in [0.25, 0.3) is 0 Å². The van der Waals surface area contributed by atoms with Crippen LogP contribution in [0.3, 0.4) is 0 Å². The molecular weight excluding hydrogens is 430 g/mol. The van der Waals surface area contributed by atoms with Crippen LogP contribution in [0.15, 0.2) is 42.5 Å². The predicted octanol–water partition coefficient (Wildman–Crippen LogP) is 4.97. The van der Waals surface area contributed by atoms with Crippen LogP contribution in [-0.2, 0) is 11.3 Å². The monoisotopic (exact) mass is 461 g/mol. The van der Waals surface area contributed by atoms with Gasteiger partial charge in [-0.1, -0.05) is 29.8 Å². The van der Waals surface area contributed by atoms with Gasteiger partial charge in [0, 0.05) is 43.4 Å². The third kappa shape index (κ3) is 7.65. The molecule has 168 valence electrons. The number of thiocarbonyl (C=S) groups is 1. The molecule has 31 heavy (non-hydrogen) atoms. The Kier molecular flexibility index (Phi) is 9.40. The van der Waals surface area contributed by atoms with Gasteiger partial charge in [-0.15, -0.1) is 0 Å². The Labute approximate surface area is 196 Å². The van der Waals surface area contributed by atoms with Crippen LogP contribution in [0.2, 0.25) is 5.02 Å². The SMILES string of the molecule is CCOc1ccc(CN(CCCN2CCOCC2)C(=S)Nc2ccc(C)c(Cl)c2)cc1. The van der Waals surface area contributed by atoms with Crippen molar-refractivity contribution >= 4 is 34.6 Å². The number of nitrogens with zero attached hydrogens (tertiary/aromatic N) is 2. The first kappa shape index (κ1) is 23.8. The second-order valence-electron chi connectivity index (χ2n) is 7.70. The van der Waals surface area contributed by atoms with E-state index in [1.54, 1.807) is 0 Å². The van der Waals surface area contributed by atoms with Crippen molar-refractivity contribution < 1.29 is 9.47 Å². The summed E-state index contributed by atoms with van der Waals surface area (Å²) < 4.78 is 11.0. The largest absolute Gasteiger partial charge is 0.494 e. The number of hydrogen-bond donors (Lipinski definition) is 1. The van der Waals surface area contributed by atoms with E-state index in [2.05, 4.69) is 27.2 Å². The molecule has 1 aliphatic heterocycles. The summed E-state index contributed by atoms with van der Waals surface area (Å²) in [5.41, 5.74) is 3.15. The van der Waals surface area contributed by atoms with Gasteiger partial charge in [-0.05, 0) is 67.9 Å². The highest BCUT2D eigenvalue weighted by molar-refractivity contribution is 7.80. The molecule has 0 unspecified atom stereocenters. The lowest BCUT2D eigenvalue weighted by Gasteiger charge is -2.29. The highest BCUT2D eigenvalue weighted by Crippen LogP contribution is 2.21. The van der Waals surface area contributed by atoms with Crippen LogP contribution in [0.25, 0.3) is 0 Å². The van der Waals surface area contributed by atoms with E-state index in [0.717, 1.165) is 74.4 Å². The molecule has 0 bridgehead atoms. The molecule has 1 aliphatic rings. The van der Waals surface area contributed by atoms with Crippen molar-refractivity contribution in [2.24, 2.45) is 0 Å². The minimum absolute atomic E-state index is 0.667. The van der Waals surface area contributed by atoms with Crippen molar-refractivity contribution in [3.63, 3.8) is 0 Å². The average Bonchev–Trinajstić information content (AvgIpc) is 2.78. The second kappa shape index (κ2) is 12.2. The first-order chi connectivity index (χ1) is 15.0. The maximum Gasteiger partial charge on any atom is 0.173 e. The quantitative estimate of drug-likeness (QED) is 0.531. The summed E-state index contributed by atoms with van der Waals surface area (Å²) in [6.45, 7) is 11.0. The summed E-state index contributed by atoms with van der Waals surface area (Å²) in [5.74, 6) is 0.889. The van der Waals surface area contributed by atoms with E-state index < -0.39 is 0 Å². The summed E-state index contributed by atoms with van der Waals surface area (Å²) in [5, 5.41) is 4.80. The topological polar surface area (TPSA) is 37.0 Å². The molecule has 0 aliphatic carbocycles. The summed E-state index contributed by atoms with van der Waals surface area (Å²) in [6, 6.07) is 14.2. The van der Waals surface area contributed by atoms with Crippen LogP contribution in [0.4, 0.5) is 5.69 Å². The lowest BCUT2D eigenvalue weighted by molar-refractivity contribution is 0.0368. The van der Waals surface area contributed by atoms with E-state index in [1.807, 2.05) is 44.2 Å². The molecule has 1 fully saturated rings. The maximum atomic E-state index is 6.29. The molecule has 1 N–H and O–H groups in total. The number of nitrogens with one attached hydrogen (secondary N) is 1. The van der Waals surface area contributed by atoms with Crippen molar-refractivity contribution in [1.82, 2.24) is 9.80 Å². The number of morpholine rings is 1. The second-order valence-corrected chi connectivity index (χ2v) is 8.49.